The maximum atomic E-state index is 8.51. The fourth-order valence-corrected chi connectivity index (χ4v) is 1.23. The van der Waals surface area contributed by atoms with Crippen LogP contribution in [0.2, 0.25) is 0 Å². The molecule has 50 valence electrons. The van der Waals surface area contributed by atoms with Crippen LogP contribution in [0.4, 0.5) is 0 Å². The van der Waals surface area contributed by atoms with Gasteiger partial charge in [-0.1, -0.05) is 0 Å². The number of hydrogen-bond donors (Lipinski definition) is 1. The fraction of sp³-hybridized carbons (Fsp3) is 0.857. The fourth-order valence-electron chi connectivity index (χ4n) is 1.23. The highest BCUT2D eigenvalue weighted by atomic mass is 14.9. The highest BCUT2D eigenvalue weighted by Crippen LogP contribution is 2.12. The van der Waals surface area contributed by atoms with Crippen molar-refractivity contribution in [2.75, 3.05) is 6.54 Å². The molecular weight excluding hydrogens is 112 g/mol. The first kappa shape index (κ1) is 6.57. The maximum absolute atomic E-state index is 8.51. The van der Waals surface area contributed by atoms with Crippen molar-refractivity contribution in [2.24, 2.45) is 5.92 Å². The summed E-state index contributed by atoms with van der Waals surface area (Å²) in [7, 11) is 0. The Morgan fingerprint density at radius 3 is 3.00 bits per heavy atom. The molecule has 0 aromatic carbocycles. The predicted octanol–water partition coefficient (Wildman–Crippen LogP) is 0.898. The van der Waals surface area contributed by atoms with Gasteiger partial charge in [-0.3, -0.25) is 0 Å². The molecule has 1 fully saturated rings. The van der Waals surface area contributed by atoms with Crippen LogP contribution in [-0.2, 0) is 0 Å². The molecule has 2 unspecified atom stereocenters. The normalized spacial score (nSPS) is 29.6. The molecule has 1 rings (SSSR count). The second-order valence-electron chi connectivity index (χ2n) is 2.62. The molecule has 2 atom stereocenters. The molecular formula is C7H12N2. The third kappa shape index (κ3) is 1.43. The van der Waals surface area contributed by atoms with E-state index in [-0.39, 0.29) is 5.92 Å². The Labute approximate surface area is 55.9 Å². The molecule has 0 amide bonds. The van der Waals surface area contributed by atoms with Gasteiger partial charge in [0.05, 0.1) is 12.0 Å². The molecule has 0 spiro atoms. The van der Waals surface area contributed by atoms with Crippen molar-refractivity contribution >= 4 is 0 Å². The average molecular weight is 124 g/mol. The second-order valence-corrected chi connectivity index (χ2v) is 2.62. The summed E-state index contributed by atoms with van der Waals surface area (Å²) in [5.41, 5.74) is 0. The van der Waals surface area contributed by atoms with Crippen LogP contribution in [0.15, 0.2) is 0 Å². The lowest BCUT2D eigenvalue weighted by molar-refractivity contribution is 0.501. The standard InChI is InChI=1S/C7H12N2/c1-6(5-8)7-3-2-4-9-7/h6-7,9H,2-4H2,1H3. The highest BCUT2D eigenvalue weighted by Gasteiger charge is 2.19. The lowest BCUT2D eigenvalue weighted by atomic mass is 10.0. The van der Waals surface area contributed by atoms with Gasteiger partial charge in [0.2, 0.25) is 0 Å². The van der Waals surface area contributed by atoms with Crippen LogP contribution in [0.25, 0.3) is 0 Å². The zero-order valence-corrected chi connectivity index (χ0v) is 5.72. The quantitative estimate of drug-likeness (QED) is 0.563. The molecule has 1 N–H and O–H groups in total. The van der Waals surface area contributed by atoms with Crippen molar-refractivity contribution in [3.05, 3.63) is 0 Å². The minimum atomic E-state index is 0.187. The van der Waals surface area contributed by atoms with E-state index in [0.717, 1.165) is 6.54 Å². The zero-order valence-electron chi connectivity index (χ0n) is 5.72. The van der Waals surface area contributed by atoms with E-state index in [4.69, 9.17) is 5.26 Å². The van der Waals surface area contributed by atoms with Crippen LogP contribution in [0.5, 0.6) is 0 Å². The van der Waals surface area contributed by atoms with Gasteiger partial charge < -0.3 is 5.32 Å². The van der Waals surface area contributed by atoms with Crippen molar-refractivity contribution in [1.29, 1.82) is 5.26 Å². The Hall–Kier alpha value is -0.550. The maximum Gasteiger partial charge on any atom is 0.0669 e. The molecule has 0 radical (unpaired) electrons. The van der Waals surface area contributed by atoms with Crippen molar-refractivity contribution in [2.45, 2.75) is 25.8 Å². The number of nitrogens with one attached hydrogen (secondary N) is 1. The molecule has 1 aliphatic rings. The Morgan fingerprint density at radius 1 is 1.78 bits per heavy atom. The van der Waals surface area contributed by atoms with Gasteiger partial charge in [-0.05, 0) is 26.3 Å². The summed E-state index contributed by atoms with van der Waals surface area (Å²) in [5.74, 6) is 0.187. The van der Waals surface area contributed by atoms with E-state index < -0.39 is 0 Å². The summed E-state index contributed by atoms with van der Waals surface area (Å²) in [4.78, 5) is 0. The number of nitrogens with zero attached hydrogens (tertiary/aromatic N) is 1. The Balaban J connectivity index is 2.34. The van der Waals surface area contributed by atoms with Gasteiger partial charge in [0.15, 0.2) is 0 Å². The largest absolute Gasteiger partial charge is 0.313 e. The monoisotopic (exact) mass is 124 g/mol. The first-order valence-corrected chi connectivity index (χ1v) is 3.47. The molecule has 9 heavy (non-hydrogen) atoms. The van der Waals surface area contributed by atoms with E-state index in [9.17, 15) is 0 Å². The number of rotatable bonds is 1. The molecule has 1 saturated heterocycles. The minimum Gasteiger partial charge on any atom is -0.313 e. The lowest BCUT2D eigenvalue weighted by Gasteiger charge is -2.10. The van der Waals surface area contributed by atoms with Crippen LogP contribution >= 0.6 is 0 Å². The highest BCUT2D eigenvalue weighted by molar-refractivity contribution is 4.91. The van der Waals surface area contributed by atoms with Gasteiger partial charge in [-0.2, -0.15) is 5.26 Å². The Kier molecular flexibility index (Phi) is 2.07. The first-order chi connectivity index (χ1) is 4.34. The third-order valence-electron chi connectivity index (χ3n) is 1.91. The van der Waals surface area contributed by atoms with Gasteiger partial charge >= 0.3 is 0 Å². The lowest BCUT2D eigenvalue weighted by Crippen LogP contribution is -2.27. The number of nitriles is 1. The second kappa shape index (κ2) is 2.84. The van der Waals surface area contributed by atoms with Gasteiger partial charge in [0.25, 0.3) is 0 Å². The van der Waals surface area contributed by atoms with Gasteiger partial charge in [0.1, 0.15) is 0 Å². The third-order valence-corrected chi connectivity index (χ3v) is 1.91. The van der Waals surface area contributed by atoms with Crippen LogP contribution in [0.3, 0.4) is 0 Å². The molecule has 1 heterocycles. The summed E-state index contributed by atoms with van der Waals surface area (Å²) in [6.45, 7) is 3.07. The molecule has 0 aromatic heterocycles. The van der Waals surface area contributed by atoms with E-state index in [1.54, 1.807) is 0 Å². The Morgan fingerprint density at radius 2 is 2.56 bits per heavy atom. The molecule has 0 aromatic rings. The molecule has 2 nitrogen and oxygen atoms in total. The summed E-state index contributed by atoms with van der Waals surface area (Å²) in [5, 5.41) is 11.8. The Bertz CT molecular complexity index is 119. The van der Waals surface area contributed by atoms with Crippen LogP contribution in [0.1, 0.15) is 19.8 Å². The van der Waals surface area contributed by atoms with Crippen molar-refractivity contribution in [1.82, 2.24) is 5.32 Å². The van der Waals surface area contributed by atoms with E-state index in [1.807, 2.05) is 6.92 Å². The molecule has 0 saturated carbocycles. The zero-order chi connectivity index (χ0) is 6.69. The number of hydrogen-bond acceptors (Lipinski definition) is 2. The molecule has 1 aliphatic heterocycles. The van der Waals surface area contributed by atoms with Crippen molar-refractivity contribution in [3.8, 4) is 6.07 Å². The summed E-state index contributed by atoms with van der Waals surface area (Å²) >= 11 is 0. The minimum absolute atomic E-state index is 0.187. The van der Waals surface area contributed by atoms with Crippen LogP contribution in [-0.4, -0.2) is 12.6 Å². The summed E-state index contributed by atoms with van der Waals surface area (Å²) in [6.07, 6.45) is 2.41. The molecule has 2 heteroatoms. The summed E-state index contributed by atoms with van der Waals surface area (Å²) < 4.78 is 0. The van der Waals surface area contributed by atoms with E-state index in [1.165, 1.54) is 12.8 Å². The van der Waals surface area contributed by atoms with Crippen molar-refractivity contribution < 1.29 is 0 Å². The topological polar surface area (TPSA) is 35.8 Å². The van der Waals surface area contributed by atoms with Gasteiger partial charge in [0, 0.05) is 6.04 Å². The summed E-state index contributed by atoms with van der Waals surface area (Å²) in [6, 6.07) is 2.71. The van der Waals surface area contributed by atoms with E-state index >= 15 is 0 Å². The molecule has 0 aliphatic carbocycles. The van der Waals surface area contributed by atoms with E-state index in [0.29, 0.717) is 6.04 Å². The van der Waals surface area contributed by atoms with Crippen LogP contribution < -0.4 is 5.32 Å². The predicted molar refractivity (Wildman–Crippen MR) is 35.8 cm³/mol. The van der Waals surface area contributed by atoms with E-state index in [2.05, 4.69) is 11.4 Å². The SMILES string of the molecule is CC(C#N)C1CCCN1. The molecule has 0 bridgehead atoms. The average Bonchev–Trinajstić information content (AvgIpc) is 2.37. The van der Waals surface area contributed by atoms with Gasteiger partial charge in [-0.25, -0.2) is 0 Å². The smallest absolute Gasteiger partial charge is 0.0669 e. The first-order valence-electron chi connectivity index (χ1n) is 3.47. The van der Waals surface area contributed by atoms with Crippen molar-refractivity contribution in [3.63, 3.8) is 0 Å². The van der Waals surface area contributed by atoms with Gasteiger partial charge in [-0.15, -0.1) is 0 Å². The van der Waals surface area contributed by atoms with Crippen LogP contribution in [0, 0.1) is 17.2 Å².